The zero-order valence-electron chi connectivity index (χ0n) is 11.5. The largest absolute Gasteiger partial charge is 0.480 e. The van der Waals surface area contributed by atoms with Gasteiger partial charge in [0.15, 0.2) is 0 Å². The van der Waals surface area contributed by atoms with Crippen molar-refractivity contribution in [1.29, 1.82) is 0 Å². The highest BCUT2D eigenvalue weighted by atomic mass is 16.4. The first-order valence-electron chi connectivity index (χ1n) is 6.97. The molecule has 5 heteroatoms. The molecule has 0 saturated carbocycles. The number of carbonyl (C=O) groups is 1. The van der Waals surface area contributed by atoms with Crippen LogP contribution in [-0.2, 0) is 4.79 Å². The SMILES string of the molecule is CC(C(=O)O)N1CCN(C2CCCN(C)C2)CC1. The highest BCUT2D eigenvalue weighted by Gasteiger charge is 2.29. The second kappa shape index (κ2) is 5.99. The summed E-state index contributed by atoms with van der Waals surface area (Å²) in [6.07, 6.45) is 2.58. The van der Waals surface area contributed by atoms with Gasteiger partial charge in [-0.25, -0.2) is 0 Å². The minimum atomic E-state index is -0.708. The Balaban J connectivity index is 1.81. The molecule has 2 saturated heterocycles. The summed E-state index contributed by atoms with van der Waals surface area (Å²) in [5, 5.41) is 9.02. The van der Waals surface area contributed by atoms with Crippen molar-refractivity contribution < 1.29 is 9.90 Å². The van der Waals surface area contributed by atoms with Crippen LogP contribution in [0.1, 0.15) is 19.8 Å². The first-order chi connectivity index (χ1) is 8.58. The molecule has 104 valence electrons. The van der Waals surface area contributed by atoms with E-state index in [1.54, 1.807) is 6.92 Å². The van der Waals surface area contributed by atoms with Gasteiger partial charge in [0, 0.05) is 38.8 Å². The Morgan fingerprint density at radius 1 is 1.22 bits per heavy atom. The summed E-state index contributed by atoms with van der Waals surface area (Å²) in [6.45, 7) is 7.95. The normalized spacial score (nSPS) is 30.2. The number of piperidine rings is 1. The molecular weight excluding hydrogens is 230 g/mol. The van der Waals surface area contributed by atoms with E-state index in [4.69, 9.17) is 5.11 Å². The van der Waals surface area contributed by atoms with Crippen LogP contribution in [0.2, 0.25) is 0 Å². The number of likely N-dealkylation sites (N-methyl/N-ethyl adjacent to an activating group) is 1. The lowest BCUT2D eigenvalue weighted by molar-refractivity contribution is -0.143. The van der Waals surface area contributed by atoms with Crippen LogP contribution >= 0.6 is 0 Å². The molecule has 0 radical (unpaired) electrons. The van der Waals surface area contributed by atoms with E-state index < -0.39 is 5.97 Å². The Hall–Kier alpha value is -0.650. The molecule has 5 nitrogen and oxygen atoms in total. The zero-order valence-corrected chi connectivity index (χ0v) is 11.5. The van der Waals surface area contributed by atoms with E-state index in [0.29, 0.717) is 6.04 Å². The minimum Gasteiger partial charge on any atom is -0.480 e. The number of nitrogens with zero attached hydrogens (tertiary/aromatic N) is 3. The van der Waals surface area contributed by atoms with E-state index in [0.717, 1.165) is 32.7 Å². The van der Waals surface area contributed by atoms with E-state index in [1.165, 1.54) is 19.4 Å². The number of carboxylic acid groups (broad SMARTS) is 1. The van der Waals surface area contributed by atoms with Crippen molar-refractivity contribution >= 4 is 5.97 Å². The van der Waals surface area contributed by atoms with Crippen molar-refractivity contribution in [3.05, 3.63) is 0 Å². The summed E-state index contributed by atoms with van der Waals surface area (Å²) >= 11 is 0. The lowest BCUT2D eigenvalue weighted by atomic mass is 10.0. The fourth-order valence-electron chi connectivity index (χ4n) is 3.08. The molecule has 18 heavy (non-hydrogen) atoms. The van der Waals surface area contributed by atoms with Crippen molar-refractivity contribution in [1.82, 2.24) is 14.7 Å². The fraction of sp³-hybridized carbons (Fsp3) is 0.923. The summed E-state index contributed by atoms with van der Waals surface area (Å²) in [4.78, 5) is 18.0. The molecule has 0 spiro atoms. The molecule has 2 unspecified atom stereocenters. The molecule has 2 aliphatic heterocycles. The highest BCUT2D eigenvalue weighted by molar-refractivity contribution is 5.72. The zero-order chi connectivity index (χ0) is 13.1. The maximum Gasteiger partial charge on any atom is 0.320 e. The van der Waals surface area contributed by atoms with Gasteiger partial charge in [0.05, 0.1) is 0 Å². The Bertz CT molecular complexity index is 290. The summed E-state index contributed by atoms with van der Waals surface area (Å²) in [7, 11) is 2.19. The number of aliphatic carboxylic acids is 1. The van der Waals surface area contributed by atoms with Crippen LogP contribution in [-0.4, -0.2) is 84.2 Å². The van der Waals surface area contributed by atoms with Gasteiger partial charge in [-0.15, -0.1) is 0 Å². The van der Waals surface area contributed by atoms with Crippen molar-refractivity contribution in [3.63, 3.8) is 0 Å². The van der Waals surface area contributed by atoms with Gasteiger partial charge in [-0.05, 0) is 33.4 Å². The summed E-state index contributed by atoms with van der Waals surface area (Å²) in [5.74, 6) is -0.708. The molecule has 0 amide bonds. The van der Waals surface area contributed by atoms with Crippen LogP contribution in [0.5, 0.6) is 0 Å². The monoisotopic (exact) mass is 255 g/mol. The predicted molar refractivity (Wildman–Crippen MR) is 70.8 cm³/mol. The summed E-state index contributed by atoms with van der Waals surface area (Å²) in [6, 6.07) is 0.326. The molecule has 0 aromatic carbocycles. The number of rotatable bonds is 3. The Morgan fingerprint density at radius 2 is 1.89 bits per heavy atom. The first-order valence-corrected chi connectivity index (χ1v) is 6.97. The van der Waals surface area contributed by atoms with Crippen LogP contribution in [0.15, 0.2) is 0 Å². The van der Waals surface area contributed by atoms with Crippen LogP contribution < -0.4 is 0 Å². The van der Waals surface area contributed by atoms with Crippen LogP contribution in [0.3, 0.4) is 0 Å². The number of hydrogen-bond donors (Lipinski definition) is 1. The van der Waals surface area contributed by atoms with Gasteiger partial charge in [0.25, 0.3) is 0 Å². The predicted octanol–water partition coefficient (Wildman–Crippen LogP) is 0.171. The molecule has 2 rings (SSSR count). The Kier molecular flexibility index (Phi) is 4.59. The quantitative estimate of drug-likeness (QED) is 0.779. The Labute approximate surface area is 109 Å². The van der Waals surface area contributed by atoms with Gasteiger partial charge >= 0.3 is 5.97 Å². The fourth-order valence-corrected chi connectivity index (χ4v) is 3.08. The molecule has 0 aliphatic carbocycles. The van der Waals surface area contributed by atoms with Gasteiger partial charge in [0.1, 0.15) is 6.04 Å². The van der Waals surface area contributed by atoms with Crippen molar-refractivity contribution in [2.45, 2.75) is 31.8 Å². The minimum absolute atomic E-state index is 0.346. The van der Waals surface area contributed by atoms with E-state index in [9.17, 15) is 4.79 Å². The van der Waals surface area contributed by atoms with Crippen LogP contribution in [0.25, 0.3) is 0 Å². The highest BCUT2D eigenvalue weighted by Crippen LogP contribution is 2.17. The average molecular weight is 255 g/mol. The number of likely N-dealkylation sites (tertiary alicyclic amines) is 1. The summed E-state index contributed by atoms with van der Waals surface area (Å²) < 4.78 is 0. The van der Waals surface area contributed by atoms with E-state index >= 15 is 0 Å². The van der Waals surface area contributed by atoms with E-state index in [1.807, 2.05) is 0 Å². The third kappa shape index (κ3) is 3.22. The smallest absolute Gasteiger partial charge is 0.320 e. The van der Waals surface area contributed by atoms with E-state index in [2.05, 4.69) is 21.7 Å². The van der Waals surface area contributed by atoms with Crippen molar-refractivity contribution in [3.8, 4) is 0 Å². The van der Waals surface area contributed by atoms with Crippen molar-refractivity contribution in [2.75, 3.05) is 46.3 Å². The Morgan fingerprint density at radius 3 is 2.44 bits per heavy atom. The molecule has 0 aromatic heterocycles. The summed E-state index contributed by atoms with van der Waals surface area (Å²) in [5.41, 5.74) is 0. The number of hydrogen-bond acceptors (Lipinski definition) is 4. The molecule has 0 bridgehead atoms. The topological polar surface area (TPSA) is 47.0 Å². The molecule has 1 N–H and O–H groups in total. The second-order valence-electron chi connectivity index (χ2n) is 5.64. The van der Waals surface area contributed by atoms with Gasteiger partial charge < -0.3 is 10.0 Å². The third-order valence-electron chi connectivity index (χ3n) is 4.37. The van der Waals surface area contributed by atoms with Crippen LogP contribution in [0, 0.1) is 0 Å². The average Bonchev–Trinajstić information content (AvgIpc) is 2.38. The molecule has 2 aliphatic rings. The lowest BCUT2D eigenvalue weighted by Crippen LogP contribution is -2.56. The maximum atomic E-state index is 11.0. The maximum absolute atomic E-state index is 11.0. The van der Waals surface area contributed by atoms with Gasteiger partial charge in [-0.3, -0.25) is 14.6 Å². The number of piperazine rings is 1. The third-order valence-corrected chi connectivity index (χ3v) is 4.37. The number of carboxylic acids is 1. The van der Waals surface area contributed by atoms with E-state index in [-0.39, 0.29) is 6.04 Å². The van der Waals surface area contributed by atoms with Gasteiger partial charge in [-0.1, -0.05) is 0 Å². The molecular formula is C13H25N3O2. The lowest BCUT2D eigenvalue weighted by Gasteiger charge is -2.43. The van der Waals surface area contributed by atoms with Gasteiger partial charge in [-0.2, -0.15) is 0 Å². The van der Waals surface area contributed by atoms with Crippen molar-refractivity contribution in [2.24, 2.45) is 0 Å². The first kappa shape index (κ1) is 13.8. The van der Waals surface area contributed by atoms with Gasteiger partial charge in [0.2, 0.25) is 0 Å². The second-order valence-corrected chi connectivity index (χ2v) is 5.64. The standard InChI is InChI=1S/C13H25N3O2/c1-11(13(17)18)15-6-8-16(9-7-15)12-4-3-5-14(2)10-12/h11-12H,3-10H2,1-2H3,(H,17,18). The molecule has 2 fully saturated rings. The van der Waals surface area contributed by atoms with Crippen LogP contribution in [0.4, 0.5) is 0 Å². The molecule has 2 atom stereocenters. The molecule has 0 aromatic rings. The molecule has 2 heterocycles.